The number of nitrogens with one attached hydrogen (secondary N) is 3. The zero-order chi connectivity index (χ0) is 28.6. The lowest BCUT2D eigenvalue weighted by Crippen LogP contribution is -2.22. The van der Waals surface area contributed by atoms with Gasteiger partial charge in [0.1, 0.15) is 5.75 Å². The number of likely N-dealkylation sites (N-methyl/N-ethyl adjacent to an activating group) is 1. The molecule has 210 valence electrons. The lowest BCUT2D eigenvalue weighted by atomic mass is 10.2. The minimum Gasteiger partial charge on any atom is -0.497 e. The van der Waals surface area contributed by atoms with Gasteiger partial charge in [-0.1, -0.05) is 35.9 Å². The second-order valence-electron chi connectivity index (χ2n) is 8.56. The fourth-order valence-corrected chi connectivity index (χ4v) is 4.11. The number of hydrogen-bond acceptors (Lipinski definition) is 9. The standard InChI is InChI=1S/C16H15ClN4O.C11H18N2S.C2H6O/c1-18-15-16(20-13-6-4-3-5-12(13)19-15)21-14-9-10(22-2)7-8-11(14)17;1-10-5-4-6-11(9-10)14-12-7-8-13(2)3;1-2-3/h3-9H,1-2H3,(H,18,19)(H,20,21);4-6,9,12H,7-8H2,1-3H3;3H,2H2,1H3. The van der Waals surface area contributed by atoms with Gasteiger partial charge >= 0.3 is 0 Å². The average molecular weight is 571 g/mol. The van der Waals surface area contributed by atoms with Crippen LogP contribution in [0.15, 0.2) is 71.6 Å². The van der Waals surface area contributed by atoms with Crippen LogP contribution < -0.4 is 20.1 Å². The van der Waals surface area contributed by atoms with Gasteiger partial charge in [-0.25, -0.2) is 9.97 Å². The second-order valence-corrected chi connectivity index (χ2v) is 9.93. The van der Waals surface area contributed by atoms with Crippen LogP contribution in [0.1, 0.15) is 12.5 Å². The molecule has 0 unspecified atom stereocenters. The molecule has 0 bridgehead atoms. The van der Waals surface area contributed by atoms with Crippen molar-refractivity contribution in [3.63, 3.8) is 0 Å². The maximum Gasteiger partial charge on any atom is 0.174 e. The first-order chi connectivity index (χ1) is 18.8. The number of aromatic nitrogens is 2. The molecule has 0 amide bonds. The number of aliphatic hydroxyl groups excluding tert-OH is 1. The monoisotopic (exact) mass is 570 g/mol. The van der Waals surface area contributed by atoms with Crippen molar-refractivity contribution < 1.29 is 9.84 Å². The Bertz CT molecular complexity index is 1290. The number of fused-ring (bicyclic) bond motifs is 1. The van der Waals surface area contributed by atoms with Crippen molar-refractivity contribution in [2.45, 2.75) is 18.7 Å². The molecule has 0 aliphatic carbocycles. The number of halogens is 1. The van der Waals surface area contributed by atoms with E-state index >= 15 is 0 Å². The van der Waals surface area contributed by atoms with E-state index in [1.807, 2.05) is 30.3 Å². The average Bonchev–Trinajstić information content (AvgIpc) is 2.92. The number of hydrogen-bond donors (Lipinski definition) is 4. The van der Waals surface area contributed by atoms with Crippen LogP contribution in [0.4, 0.5) is 17.3 Å². The Morgan fingerprint density at radius 1 is 0.974 bits per heavy atom. The molecular weight excluding hydrogens is 532 g/mol. The largest absolute Gasteiger partial charge is 0.497 e. The van der Waals surface area contributed by atoms with Gasteiger partial charge in [-0.15, -0.1) is 0 Å². The van der Waals surface area contributed by atoms with Crippen LogP contribution in [0, 0.1) is 6.92 Å². The Balaban J connectivity index is 0.000000270. The number of methoxy groups -OCH3 is 1. The Kier molecular flexibility index (Phi) is 14.4. The van der Waals surface area contributed by atoms with Crippen LogP contribution in [-0.2, 0) is 0 Å². The number of para-hydroxylation sites is 2. The number of aryl methyl sites for hydroxylation is 1. The molecule has 0 aliphatic heterocycles. The lowest BCUT2D eigenvalue weighted by molar-refractivity contribution is 0.318. The van der Waals surface area contributed by atoms with Gasteiger partial charge in [-0.3, -0.25) is 4.72 Å². The van der Waals surface area contributed by atoms with Crippen molar-refractivity contribution in [2.75, 3.05) is 58.6 Å². The molecule has 0 aliphatic rings. The Hall–Kier alpha value is -3.08. The summed E-state index contributed by atoms with van der Waals surface area (Å²) in [6, 6.07) is 21.6. The van der Waals surface area contributed by atoms with E-state index in [1.54, 1.807) is 45.2 Å². The lowest BCUT2D eigenvalue weighted by Gasteiger charge is -2.13. The number of benzene rings is 3. The summed E-state index contributed by atoms with van der Waals surface area (Å²) in [7, 11) is 7.58. The minimum atomic E-state index is 0.250. The van der Waals surface area contributed by atoms with E-state index < -0.39 is 0 Å². The van der Waals surface area contributed by atoms with Gasteiger partial charge < -0.3 is 25.4 Å². The quantitative estimate of drug-likeness (QED) is 0.138. The van der Waals surface area contributed by atoms with Gasteiger partial charge in [0.15, 0.2) is 11.6 Å². The van der Waals surface area contributed by atoms with Crippen LogP contribution in [0.25, 0.3) is 11.0 Å². The van der Waals surface area contributed by atoms with E-state index in [1.165, 1.54) is 10.5 Å². The van der Waals surface area contributed by atoms with Crippen LogP contribution >= 0.6 is 23.5 Å². The summed E-state index contributed by atoms with van der Waals surface area (Å²) >= 11 is 7.93. The predicted octanol–water partition coefficient (Wildman–Crippen LogP) is 6.23. The molecule has 0 radical (unpaired) electrons. The molecule has 10 heteroatoms. The van der Waals surface area contributed by atoms with Crippen LogP contribution in [0.3, 0.4) is 0 Å². The number of anilines is 3. The van der Waals surface area contributed by atoms with E-state index in [0.717, 1.165) is 24.1 Å². The van der Waals surface area contributed by atoms with Crippen molar-refractivity contribution in [3.8, 4) is 5.75 Å². The third kappa shape index (κ3) is 11.3. The first-order valence-electron chi connectivity index (χ1n) is 12.6. The van der Waals surface area contributed by atoms with Gasteiger partial charge in [-0.2, -0.15) is 0 Å². The second kappa shape index (κ2) is 17.5. The van der Waals surface area contributed by atoms with Crippen molar-refractivity contribution in [3.05, 3.63) is 77.3 Å². The minimum absolute atomic E-state index is 0.250. The van der Waals surface area contributed by atoms with E-state index in [9.17, 15) is 0 Å². The highest BCUT2D eigenvalue weighted by Gasteiger charge is 2.10. The Labute approximate surface area is 241 Å². The summed E-state index contributed by atoms with van der Waals surface area (Å²) in [6.45, 7) is 6.12. The van der Waals surface area contributed by atoms with Gasteiger partial charge in [-0.05, 0) is 81.9 Å². The molecule has 0 atom stereocenters. The number of ether oxygens (including phenoxy) is 1. The van der Waals surface area contributed by atoms with E-state index in [0.29, 0.717) is 28.1 Å². The van der Waals surface area contributed by atoms with Crippen molar-refractivity contribution in [1.29, 1.82) is 0 Å². The first-order valence-corrected chi connectivity index (χ1v) is 13.8. The van der Waals surface area contributed by atoms with E-state index in [2.05, 4.69) is 75.5 Å². The molecule has 4 N–H and O–H groups in total. The zero-order valence-electron chi connectivity index (χ0n) is 23.5. The summed E-state index contributed by atoms with van der Waals surface area (Å²) in [5.41, 5.74) is 3.66. The summed E-state index contributed by atoms with van der Waals surface area (Å²) in [6.07, 6.45) is 0. The third-order valence-electron chi connectivity index (χ3n) is 5.07. The highest BCUT2D eigenvalue weighted by molar-refractivity contribution is 7.97. The fraction of sp³-hybridized carbons (Fsp3) is 0.310. The van der Waals surface area contributed by atoms with Crippen molar-refractivity contribution >= 4 is 51.9 Å². The number of aliphatic hydroxyl groups is 1. The van der Waals surface area contributed by atoms with Gasteiger partial charge in [0.2, 0.25) is 0 Å². The molecule has 0 saturated carbocycles. The highest BCUT2D eigenvalue weighted by atomic mass is 35.5. The van der Waals surface area contributed by atoms with Crippen molar-refractivity contribution in [1.82, 2.24) is 19.6 Å². The Morgan fingerprint density at radius 2 is 1.64 bits per heavy atom. The van der Waals surface area contributed by atoms with Crippen LogP contribution in [0.5, 0.6) is 5.75 Å². The van der Waals surface area contributed by atoms with E-state index in [4.69, 9.17) is 21.4 Å². The van der Waals surface area contributed by atoms with E-state index in [-0.39, 0.29) is 6.61 Å². The summed E-state index contributed by atoms with van der Waals surface area (Å²) in [5, 5.41) is 14.4. The predicted molar refractivity (Wildman–Crippen MR) is 167 cm³/mol. The molecule has 39 heavy (non-hydrogen) atoms. The molecule has 4 rings (SSSR count). The SMILES string of the molecule is CCO.CNc1nc2ccccc2nc1Nc1cc(OC)ccc1Cl.Cc1cccc(SNCCN(C)C)c1. The van der Waals surface area contributed by atoms with Crippen molar-refractivity contribution in [2.24, 2.45) is 0 Å². The Morgan fingerprint density at radius 3 is 2.23 bits per heavy atom. The zero-order valence-corrected chi connectivity index (χ0v) is 25.0. The molecular formula is C29H39ClN6O2S. The van der Waals surface area contributed by atoms with Crippen LogP contribution in [-0.4, -0.2) is 67.9 Å². The fourth-order valence-electron chi connectivity index (χ4n) is 3.20. The molecule has 1 aromatic heterocycles. The third-order valence-corrected chi connectivity index (χ3v) is 6.24. The maximum atomic E-state index is 7.57. The first kappa shape index (κ1) is 32.1. The molecule has 1 heterocycles. The molecule has 0 fully saturated rings. The van der Waals surface area contributed by atoms with Crippen LogP contribution in [0.2, 0.25) is 5.02 Å². The molecule has 0 saturated heterocycles. The van der Waals surface area contributed by atoms with Gasteiger partial charge in [0, 0.05) is 37.7 Å². The summed E-state index contributed by atoms with van der Waals surface area (Å²) in [5.74, 6) is 1.97. The number of nitrogens with zero attached hydrogens (tertiary/aromatic N) is 3. The molecule has 0 spiro atoms. The molecule has 8 nitrogen and oxygen atoms in total. The maximum absolute atomic E-state index is 7.57. The van der Waals surface area contributed by atoms with Gasteiger partial charge in [0.05, 0.1) is 28.9 Å². The smallest absolute Gasteiger partial charge is 0.174 e. The normalized spacial score (nSPS) is 10.3. The van der Waals surface area contributed by atoms with Gasteiger partial charge in [0.25, 0.3) is 0 Å². The highest BCUT2D eigenvalue weighted by Crippen LogP contribution is 2.31. The summed E-state index contributed by atoms with van der Waals surface area (Å²) in [4.78, 5) is 12.6. The molecule has 4 aromatic rings. The summed E-state index contributed by atoms with van der Waals surface area (Å²) < 4.78 is 8.56. The number of rotatable bonds is 9. The topological polar surface area (TPSA) is 94.6 Å². The molecule has 3 aromatic carbocycles.